The molecule has 1 unspecified atom stereocenters. The van der Waals surface area contributed by atoms with Crippen LogP contribution in [0.1, 0.15) is 6.92 Å². The van der Waals surface area contributed by atoms with Crippen LogP contribution in [0.25, 0.3) is 21.8 Å². The minimum atomic E-state index is -0.452. The number of aliphatic hydroxyl groups is 1. The lowest BCUT2D eigenvalue weighted by molar-refractivity contribution is 0.155. The molecule has 2 N–H and O–H groups in total. The van der Waals surface area contributed by atoms with Gasteiger partial charge in [0.05, 0.1) is 12.6 Å². The molecule has 0 aliphatic rings. The molecule has 0 saturated heterocycles. The lowest BCUT2D eigenvalue weighted by Gasteiger charge is -2.15. The summed E-state index contributed by atoms with van der Waals surface area (Å²) in [5.41, 5.74) is 3.47. The van der Waals surface area contributed by atoms with Crippen molar-refractivity contribution in [1.82, 2.24) is 9.88 Å². The molecule has 3 heteroatoms. The number of hydrogen-bond acceptors (Lipinski definition) is 2. The van der Waals surface area contributed by atoms with Crippen molar-refractivity contribution in [2.24, 2.45) is 0 Å². The molecule has 3 nitrogen and oxygen atoms in total. The maximum absolute atomic E-state index is 10.5. The lowest BCUT2D eigenvalue weighted by Crippen LogP contribution is -2.31. The Hall–Kier alpha value is -2.62. The highest BCUT2D eigenvalue weighted by Gasteiger charge is 2.12. The van der Waals surface area contributed by atoms with Crippen LogP contribution in [0.2, 0.25) is 0 Å². The predicted molar refractivity (Wildman–Crippen MR) is 114 cm³/mol. The zero-order valence-electron chi connectivity index (χ0n) is 15.5. The van der Waals surface area contributed by atoms with Crippen molar-refractivity contribution in [2.45, 2.75) is 19.6 Å². The highest BCUT2D eigenvalue weighted by Crippen LogP contribution is 2.28. The molecule has 136 valence electrons. The number of allylic oxidation sites excluding steroid dienone is 1. The molecule has 1 aromatic heterocycles. The standard InChI is InChI=1S/C21H24N2O.C2H4/c1-3-16(4-2)13-22-14-17(24)15-23-20-11-7-5-9-18(20)19-10-6-8-12-21(19)23;1-2/h3-12,17,22,24H,1,13-15H2,2H3;1-2H2/b16-4+;. The minimum Gasteiger partial charge on any atom is -0.390 e. The van der Waals surface area contributed by atoms with Gasteiger partial charge in [0, 0.05) is 34.9 Å². The Morgan fingerprint density at radius 2 is 1.62 bits per heavy atom. The Bertz CT molecular complexity index is 838. The number of hydrogen-bond donors (Lipinski definition) is 2. The second-order valence-electron chi connectivity index (χ2n) is 6.00. The summed E-state index contributed by atoms with van der Waals surface area (Å²) in [4.78, 5) is 0. The van der Waals surface area contributed by atoms with E-state index in [4.69, 9.17) is 0 Å². The van der Waals surface area contributed by atoms with E-state index in [9.17, 15) is 5.11 Å². The van der Waals surface area contributed by atoms with Crippen LogP contribution in [0.4, 0.5) is 0 Å². The second-order valence-corrected chi connectivity index (χ2v) is 6.00. The molecular formula is C23H28N2O. The summed E-state index contributed by atoms with van der Waals surface area (Å²) in [6.07, 6.45) is 3.42. The fraction of sp³-hybridized carbons (Fsp3) is 0.217. The minimum absolute atomic E-state index is 0.452. The van der Waals surface area contributed by atoms with E-state index in [2.05, 4.69) is 66.0 Å². The largest absolute Gasteiger partial charge is 0.390 e. The fourth-order valence-electron chi connectivity index (χ4n) is 3.15. The summed E-state index contributed by atoms with van der Waals surface area (Å²) in [7, 11) is 0. The molecule has 0 amide bonds. The molecule has 0 spiro atoms. The summed E-state index contributed by atoms with van der Waals surface area (Å²) in [5, 5.41) is 16.2. The summed E-state index contributed by atoms with van der Waals surface area (Å²) >= 11 is 0. The number of fused-ring (bicyclic) bond motifs is 3. The first-order chi connectivity index (χ1) is 12.7. The molecule has 1 atom stereocenters. The smallest absolute Gasteiger partial charge is 0.0843 e. The third kappa shape index (κ3) is 4.31. The van der Waals surface area contributed by atoms with Crippen LogP contribution in [0.3, 0.4) is 0 Å². The Labute approximate surface area is 156 Å². The van der Waals surface area contributed by atoms with Gasteiger partial charge >= 0.3 is 0 Å². The zero-order chi connectivity index (χ0) is 18.9. The van der Waals surface area contributed by atoms with Gasteiger partial charge in [0.15, 0.2) is 0 Å². The third-order valence-corrected chi connectivity index (χ3v) is 4.42. The van der Waals surface area contributed by atoms with Gasteiger partial charge in [0.1, 0.15) is 0 Å². The van der Waals surface area contributed by atoms with Crippen molar-refractivity contribution in [3.63, 3.8) is 0 Å². The van der Waals surface area contributed by atoms with E-state index in [0.29, 0.717) is 13.1 Å². The third-order valence-electron chi connectivity index (χ3n) is 4.42. The van der Waals surface area contributed by atoms with Crippen LogP contribution in [-0.2, 0) is 6.54 Å². The quantitative estimate of drug-likeness (QED) is 0.480. The van der Waals surface area contributed by atoms with Crippen molar-refractivity contribution in [2.75, 3.05) is 13.1 Å². The van der Waals surface area contributed by atoms with Crippen LogP contribution >= 0.6 is 0 Å². The fourth-order valence-corrected chi connectivity index (χ4v) is 3.15. The molecule has 0 saturated carbocycles. The van der Waals surface area contributed by atoms with Crippen molar-refractivity contribution < 1.29 is 5.11 Å². The summed E-state index contributed by atoms with van der Waals surface area (Å²) < 4.78 is 2.21. The first-order valence-electron chi connectivity index (χ1n) is 8.87. The Morgan fingerprint density at radius 1 is 1.08 bits per heavy atom. The molecule has 0 bridgehead atoms. The van der Waals surface area contributed by atoms with Gasteiger partial charge in [-0.15, -0.1) is 13.2 Å². The van der Waals surface area contributed by atoms with E-state index in [1.54, 1.807) is 0 Å². The van der Waals surface area contributed by atoms with Crippen LogP contribution in [0.5, 0.6) is 0 Å². The average molecular weight is 348 g/mol. The van der Waals surface area contributed by atoms with E-state index in [1.807, 2.05) is 31.2 Å². The average Bonchev–Trinajstić information content (AvgIpc) is 3.01. The SMILES string of the molecule is C=C.C=C/C(=C\C)CNCC(O)Cn1c2ccccc2c2ccccc21. The monoisotopic (exact) mass is 348 g/mol. The first kappa shape index (κ1) is 19.7. The van der Waals surface area contributed by atoms with Crippen molar-refractivity contribution in [3.8, 4) is 0 Å². The van der Waals surface area contributed by atoms with Gasteiger partial charge in [0.25, 0.3) is 0 Å². The summed E-state index contributed by atoms with van der Waals surface area (Å²) in [6.45, 7) is 13.6. The van der Waals surface area contributed by atoms with Gasteiger partial charge in [-0.3, -0.25) is 0 Å². The molecule has 3 aromatic rings. The van der Waals surface area contributed by atoms with Crippen molar-refractivity contribution in [3.05, 3.63) is 86.0 Å². The highest BCUT2D eigenvalue weighted by molar-refractivity contribution is 6.07. The molecular weight excluding hydrogens is 320 g/mol. The Balaban J connectivity index is 0.00000117. The maximum atomic E-state index is 10.5. The number of aromatic nitrogens is 1. The maximum Gasteiger partial charge on any atom is 0.0843 e. The number of nitrogens with one attached hydrogen (secondary N) is 1. The van der Waals surface area contributed by atoms with Gasteiger partial charge in [-0.2, -0.15) is 0 Å². The number of para-hydroxylation sites is 2. The van der Waals surface area contributed by atoms with Gasteiger partial charge in [-0.05, 0) is 24.6 Å². The summed E-state index contributed by atoms with van der Waals surface area (Å²) in [6, 6.07) is 16.7. The Kier molecular flexibility index (Phi) is 7.39. The van der Waals surface area contributed by atoms with E-state index in [1.165, 1.54) is 10.8 Å². The molecule has 2 aromatic carbocycles. The zero-order valence-corrected chi connectivity index (χ0v) is 15.5. The molecule has 0 aliphatic carbocycles. The van der Waals surface area contributed by atoms with Crippen LogP contribution in [-0.4, -0.2) is 28.9 Å². The van der Waals surface area contributed by atoms with Crippen LogP contribution in [0, 0.1) is 0 Å². The van der Waals surface area contributed by atoms with Gasteiger partial charge in [-0.25, -0.2) is 0 Å². The number of rotatable bonds is 7. The number of aliphatic hydroxyl groups excluding tert-OH is 1. The number of benzene rings is 2. The first-order valence-corrected chi connectivity index (χ1v) is 8.87. The highest BCUT2D eigenvalue weighted by atomic mass is 16.3. The second kappa shape index (κ2) is 9.76. The van der Waals surface area contributed by atoms with Crippen LogP contribution in [0.15, 0.2) is 86.0 Å². The van der Waals surface area contributed by atoms with Crippen molar-refractivity contribution in [1.29, 1.82) is 0 Å². The topological polar surface area (TPSA) is 37.2 Å². The van der Waals surface area contributed by atoms with E-state index < -0.39 is 6.10 Å². The normalized spacial score (nSPS) is 12.6. The molecule has 1 heterocycles. The van der Waals surface area contributed by atoms with Crippen molar-refractivity contribution >= 4 is 21.8 Å². The van der Waals surface area contributed by atoms with Gasteiger partial charge in [0.2, 0.25) is 0 Å². The number of nitrogens with zero attached hydrogens (tertiary/aromatic N) is 1. The van der Waals surface area contributed by atoms with E-state index in [-0.39, 0.29) is 0 Å². The van der Waals surface area contributed by atoms with Gasteiger partial charge in [-0.1, -0.05) is 55.1 Å². The molecule has 0 aliphatic heterocycles. The molecule has 26 heavy (non-hydrogen) atoms. The Morgan fingerprint density at radius 3 is 2.12 bits per heavy atom. The van der Waals surface area contributed by atoms with E-state index in [0.717, 1.165) is 23.2 Å². The molecule has 0 radical (unpaired) electrons. The molecule has 0 fully saturated rings. The lowest BCUT2D eigenvalue weighted by atomic mass is 10.2. The molecule has 3 rings (SSSR count). The van der Waals surface area contributed by atoms with Gasteiger partial charge < -0.3 is 15.0 Å². The van der Waals surface area contributed by atoms with E-state index >= 15 is 0 Å². The predicted octanol–water partition coefficient (Wildman–Crippen LogP) is 4.68. The van der Waals surface area contributed by atoms with Crippen LogP contribution < -0.4 is 5.32 Å². The summed E-state index contributed by atoms with van der Waals surface area (Å²) in [5.74, 6) is 0.